The third-order valence-corrected chi connectivity index (χ3v) is 2.73. The predicted octanol–water partition coefficient (Wildman–Crippen LogP) is 0.439. The summed E-state index contributed by atoms with van der Waals surface area (Å²) in [7, 11) is 0. The van der Waals surface area contributed by atoms with Crippen LogP contribution in [0, 0.1) is 0 Å². The number of ether oxygens (including phenoxy) is 1. The molecule has 1 aromatic heterocycles. The molecule has 16 heavy (non-hydrogen) atoms. The molecule has 0 spiro atoms. The summed E-state index contributed by atoms with van der Waals surface area (Å²) in [5.74, 6) is -0.0363. The molecule has 1 aliphatic rings. The lowest BCUT2D eigenvalue weighted by molar-refractivity contribution is 0.0999. The Kier molecular flexibility index (Phi) is 3.05. The molecule has 1 fully saturated rings. The fraction of sp³-hybridized carbons (Fsp3) is 0.455. The molecule has 1 aromatic rings. The van der Waals surface area contributed by atoms with Gasteiger partial charge in [0.2, 0.25) is 11.8 Å². The normalized spacial score (nSPS) is 24.3. The molecule has 0 aromatic carbocycles. The SMILES string of the molecule is NC(=O)c1ccnc(OC2CCC(N)C2)c1. The van der Waals surface area contributed by atoms with Crippen molar-refractivity contribution in [2.75, 3.05) is 0 Å². The largest absolute Gasteiger partial charge is 0.474 e. The lowest BCUT2D eigenvalue weighted by Crippen LogP contribution is -2.19. The zero-order valence-electron chi connectivity index (χ0n) is 8.93. The molecule has 2 rings (SSSR count). The van der Waals surface area contributed by atoms with Crippen molar-refractivity contribution in [2.45, 2.75) is 31.4 Å². The maximum atomic E-state index is 11.0. The highest BCUT2D eigenvalue weighted by Crippen LogP contribution is 2.22. The summed E-state index contributed by atoms with van der Waals surface area (Å²) in [6.07, 6.45) is 4.36. The fourth-order valence-electron chi connectivity index (χ4n) is 1.88. The molecule has 5 nitrogen and oxygen atoms in total. The minimum absolute atomic E-state index is 0.102. The molecule has 5 heteroatoms. The summed E-state index contributed by atoms with van der Waals surface area (Å²) in [5, 5.41) is 0. The molecule has 86 valence electrons. The first-order valence-corrected chi connectivity index (χ1v) is 5.33. The van der Waals surface area contributed by atoms with Crippen LogP contribution in [-0.2, 0) is 0 Å². The van der Waals surface area contributed by atoms with Crippen molar-refractivity contribution in [3.63, 3.8) is 0 Å². The van der Waals surface area contributed by atoms with Gasteiger partial charge in [-0.1, -0.05) is 0 Å². The Bertz CT molecular complexity index is 395. The Morgan fingerprint density at radius 1 is 1.50 bits per heavy atom. The Balaban J connectivity index is 2.04. The van der Waals surface area contributed by atoms with Crippen molar-refractivity contribution in [3.8, 4) is 5.88 Å². The van der Waals surface area contributed by atoms with Gasteiger partial charge in [-0.05, 0) is 25.3 Å². The first-order chi connectivity index (χ1) is 7.65. The third-order valence-electron chi connectivity index (χ3n) is 2.73. The van der Waals surface area contributed by atoms with Crippen LogP contribution in [0.3, 0.4) is 0 Å². The molecule has 2 unspecified atom stereocenters. The van der Waals surface area contributed by atoms with Crippen LogP contribution in [0.1, 0.15) is 29.6 Å². The highest BCUT2D eigenvalue weighted by Gasteiger charge is 2.23. The number of rotatable bonds is 3. The second kappa shape index (κ2) is 4.49. The molecule has 2 atom stereocenters. The molecular weight excluding hydrogens is 206 g/mol. The number of nitrogens with two attached hydrogens (primary N) is 2. The topological polar surface area (TPSA) is 91.2 Å². The Labute approximate surface area is 93.8 Å². The summed E-state index contributed by atoms with van der Waals surface area (Å²) in [6, 6.07) is 3.34. The average Bonchev–Trinajstić information content (AvgIpc) is 2.64. The molecule has 0 radical (unpaired) electrons. The van der Waals surface area contributed by atoms with Crippen molar-refractivity contribution in [2.24, 2.45) is 11.5 Å². The van der Waals surface area contributed by atoms with Gasteiger partial charge < -0.3 is 16.2 Å². The van der Waals surface area contributed by atoms with Gasteiger partial charge in [0.1, 0.15) is 6.10 Å². The minimum atomic E-state index is -0.477. The molecule has 1 aliphatic carbocycles. The van der Waals surface area contributed by atoms with Gasteiger partial charge in [0.05, 0.1) is 0 Å². The monoisotopic (exact) mass is 221 g/mol. The third kappa shape index (κ3) is 2.49. The first kappa shape index (κ1) is 10.9. The van der Waals surface area contributed by atoms with Gasteiger partial charge in [-0.2, -0.15) is 0 Å². The maximum absolute atomic E-state index is 11.0. The molecule has 4 N–H and O–H groups in total. The number of primary amides is 1. The van der Waals surface area contributed by atoms with Crippen LogP contribution in [-0.4, -0.2) is 23.0 Å². The van der Waals surface area contributed by atoms with Gasteiger partial charge in [-0.15, -0.1) is 0 Å². The number of hydrogen-bond donors (Lipinski definition) is 2. The van der Waals surface area contributed by atoms with Crippen molar-refractivity contribution in [1.29, 1.82) is 0 Å². The number of nitrogens with zero attached hydrogens (tertiary/aromatic N) is 1. The molecular formula is C11H15N3O2. The maximum Gasteiger partial charge on any atom is 0.248 e. The number of carbonyl (C=O) groups is 1. The second-order valence-corrected chi connectivity index (χ2v) is 4.06. The number of pyridine rings is 1. The highest BCUT2D eigenvalue weighted by atomic mass is 16.5. The summed E-state index contributed by atoms with van der Waals surface area (Å²) < 4.78 is 5.64. The van der Waals surface area contributed by atoms with Crippen LogP contribution < -0.4 is 16.2 Å². The van der Waals surface area contributed by atoms with E-state index < -0.39 is 5.91 Å². The van der Waals surface area contributed by atoms with E-state index in [9.17, 15) is 4.79 Å². The minimum Gasteiger partial charge on any atom is -0.474 e. The van der Waals surface area contributed by atoms with Crippen LogP contribution in [0.25, 0.3) is 0 Å². The highest BCUT2D eigenvalue weighted by molar-refractivity contribution is 5.92. The first-order valence-electron chi connectivity index (χ1n) is 5.33. The van der Waals surface area contributed by atoms with E-state index in [4.69, 9.17) is 16.2 Å². The van der Waals surface area contributed by atoms with Gasteiger partial charge in [-0.25, -0.2) is 4.98 Å². The van der Waals surface area contributed by atoms with Gasteiger partial charge in [-0.3, -0.25) is 4.79 Å². The zero-order valence-corrected chi connectivity index (χ0v) is 8.93. The van der Waals surface area contributed by atoms with Crippen molar-refractivity contribution in [1.82, 2.24) is 4.98 Å². The van der Waals surface area contributed by atoms with E-state index in [-0.39, 0.29) is 12.1 Å². The Hall–Kier alpha value is -1.62. The lowest BCUT2D eigenvalue weighted by atomic mass is 10.2. The van der Waals surface area contributed by atoms with Gasteiger partial charge >= 0.3 is 0 Å². The van der Waals surface area contributed by atoms with Gasteiger partial charge in [0.15, 0.2) is 0 Å². The van der Waals surface area contributed by atoms with Crippen LogP contribution >= 0.6 is 0 Å². The van der Waals surface area contributed by atoms with Crippen molar-refractivity contribution < 1.29 is 9.53 Å². The van der Waals surface area contributed by atoms with Crippen LogP contribution in [0.15, 0.2) is 18.3 Å². The molecule has 1 heterocycles. The second-order valence-electron chi connectivity index (χ2n) is 4.06. The van der Waals surface area contributed by atoms with E-state index in [1.165, 1.54) is 6.20 Å². The standard InChI is InChI=1S/C11H15N3O2/c12-8-1-2-9(6-8)16-10-5-7(11(13)15)3-4-14-10/h3-5,8-9H,1-2,6,12H2,(H2,13,15). The number of carbonyl (C=O) groups excluding carboxylic acids is 1. The molecule has 0 aliphatic heterocycles. The van der Waals surface area contributed by atoms with E-state index in [2.05, 4.69) is 4.98 Å². The van der Waals surface area contributed by atoms with Gasteiger partial charge in [0.25, 0.3) is 0 Å². The average molecular weight is 221 g/mol. The van der Waals surface area contributed by atoms with E-state index in [1.54, 1.807) is 12.1 Å². The molecule has 0 saturated heterocycles. The molecule has 0 bridgehead atoms. The zero-order chi connectivity index (χ0) is 11.5. The predicted molar refractivity (Wildman–Crippen MR) is 59.0 cm³/mol. The summed E-state index contributed by atoms with van der Waals surface area (Å²) in [5.41, 5.74) is 11.4. The number of amides is 1. The summed E-state index contributed by atoms with van der Waals surface area (Å²) in [4.78, 5) is 15.0. The summed E-state index contributed by atoms with van der Waals surface area (Å²) in [6.45, 7) is 0. The van der Waals surface area contributed by atoms with Crippen LogP contribution in [0.4, 0.5) is 0 Å². The molecule has 1 amide bonds. The number of aromatic nitrogens is 1. The van der Waals surface area contributed by atoms with Crippen LogP contribution in [0.5, 0.6) is 5.88 Å². The Morgan fingerprint density at radius 2 is 2.31 bits per heavy atom. The fourth-order valence-corrected chi connectivity index (χ4v) is 1.88. The number of hydrogen-bond acceptors (Lipinski definition) is 4. The van der Waals surface area contributed by atoms with Crippen LogP contribution in [0.2, 0.25) is 0 Å². The van der Waals surface area contributed by atoms with E-state index in [1.807, 2.05) is 0 Å². The molecule has 1 saturated carbocycles. The quantitative estimate of drug-likeness (QED) is 0.774. The smallest absolute Gasteiger partial charge is 0.248 e. The van der Waals surface area contributed by atoms with Crippen molar-refractivity contribution >= 4 is 5.91 Å². The van der Waals surface area contributed by atoms with E-state index in [0.29, 0.717) is 11.4 Å². The summed E-state index contributed by atoms with van der Waals surface area (Å²) >= 11 is 0. The van der Waals surface area contributed by atoms with E-state index >= 15 is 0 Å². The van der Waals surface area contributed by atoms with E-state index in [0.717, 1.165) is 19.3 Å². The Morgan fingerprint density at radius 3 is 2.94 bits per heavy atom. The van der Waals surface area contributed by atoms with Gasteiger partial charge in [0, 0.05) is 23.9 Å². The lowest BCUT2D eigenvalue weighted by Gasteiger charge is -2.12. The van der Waals surface area contributed by atoms with Crippen molar-refractivity contribution in [3.05, 3.63) is 23.9 Å².